The molecule has 3 aliphatic rings. The normalized spacial score (nSPS) is 17.6. The van der Waals surface area contributed by atoms with E-state index in [1.54, 1.807) is 0 Å². The van der Waals surface area contributed by atoms with Crippen LogP contribution in [0, 0.1) is 0 Å². The highest BCUT2D eigenvalue weighted by molar-refractivity contribution is 5.99. The molecule has 0 amide bonds. The summed E-state index contributed by atoms with van der Waals surface area (Å²) in [5.74, 6) is 1.83. The Balaban J connectivity index is 1.21. The molecule has 212 valence electrons. The lowest BCUT2D eigenvalue weighted by Crippen LogP contribution is -2.31. The standard InChI is InChI=1S/C44H30O/c1-2-9-27(10-3-1)29-13-6-14-30(21-29)37-23-32-25-39-35-16-7-11-28-12-8-17-36(44(28)35)40(39)26-33(32)24-38(37)31-19-20-43-41(22-31)34-15-4-5-18-42(34)45-43/h1-18,21-26,39-40H,19-20H2. The van der Waals surface area contributed by atoms with Crippen LogP contribution in [-0.2, 0) is 6.42 Å². The van der Waals surface area contributed by atoms with E-state index in [4.69, 9.17) is 4.42 Å². The van der Waals surface area contributed by atoms with Gasteiger partial charge in [0.15, 0.2) is 0 Å². The molecule has 0 N–H and O–H groups in total. The first kappa shape index (κ1) is 25.0. The molecule has 1 aromatic heterocycles. The number of rotatable bonds is 3. The van der Waals surface area contributed by atoms with Crippen LogP contribution < -0.4 is 10.4 Å². The molecular formula is C44H30O. The maximum atomic E-state index is 6.29. The van der Waals surface area contributed by atoms with Crippen LogP contribution >= 0.6 is 0 Å². The SMILES string of the molecule is C1=C(c2cc3c(cc2-c2cccc(-c4ccccc4)c2)=CC2c4cccc5cccc(c45)C2C=3)CCc2oc3ccccc3c21. The number of hydrogen-bond acceptors (Lipinski definition) is 1. The third-order valence-corrected chi connectivity index (χ3v) is 10.3. The largest absolute Gasteiger partial charge is 0.460 e. The molecule has 0 aliphatic heterocycles. The van der Waals surface area contributed by atoms with E-state index in [-0.39, 0.29) is 0 Å². The van der Waals surface area contributed by atoms with Crippen molar-refractivity contribution in [2.45, 2.75) is 24.7 Å². The van der Waals surface area contributed by atoms with Crippen LogP contribution in [-0.4, -0.2) is 0 Å². The van der Waals surface area contributed by atoms with Gasteiger partial charge in [-0.25, -0.2) is 0 Å². The lowest BCUT2D eigenvalue weighted by atomic mass is 9.81. The molecule has 7 aromatic rings. The topological polar surface area (TPSA) is 13.1 Å². The van der Waals surface area contributed by atoms with Crippen molar-refractivity contribution in [3.63, 3.8) is 0 Å². The number of aryl methyl sites for hydroxylation is 1. The molecule has 10 rings (SSSR count). The highest BCUT2D eigenvalue weighted by Crippen LogP contribution is 2.49. The van der Waals surface area contributed by atoms with E-state index in [2.05, 4.69) is 146 Å². The Morgan fingerprint density at radius 2 is 1.20 bits per heavy atom. The van der Waals surface area contributed by atoms with Crippen LogP contribution in [0.4, 0.5) is 0 Å². The molecule has 1 heterocycles. The van der Waals surface area contributed by atoms with Gasteiger partial charge in [-0.2, -0.15) is 0 Å². The predicted octanol–water partition coefficient (Wildman–Crippen LogP) is 9.86. The number of hydrogen-bond donors (Lipinski definition) is 0. The second-order valence-electron chi connectivity index (χ2n) is 12.8. The first-order valence-corrected chi connectivity index (χ1v) is 16.0. The van der Waals surface area contributed by atoms with Crippen molar-refractivity contribution in [2.24, 2.45) is 0 Å². The van der Waals surface area contributed by atoms with Crippen molar-refractivity contribution in [3.05, 3.63) is 166 Å². The van der Waals surface area contributed by atoms with Crippen LogP contribution in [0.5, 0.6) is 0 Å². The Morgan fingerprint density at radius 3 is 2.00 bits per heavy atom. The minimum absolute atomic E-state index is 0.363. The van der Waals surface area contributed by atoms with Crippen LogP contribution in [0.3, 0.4) is 0 Å². The van der Waals surface area contributed by atoms with Crippen molar-refractivity contribution >= 4 is 45.5 Å². The van der Waals surface area contributed by atoms with Crippen molar-refractivity contribution in [1.29, 1.82) is 0 Å². The van der Waals surface area contributed by atoms with E-state index in [1.807, 2.05) is 0 Å². The average molecular weight is 575 g/mol. The molecule has 0 radical (unpaired) electrons. The highest BCUT2D eigenvalue weighted by Gasteiger charge is 2.33. The van der Waals surface area contributed by atoms with E-state index >= 15 is 0 Å². The van der Waals surface area contributed by atoms with E-state index < -0.39 is 0 Å². The number of fused-ring (bicyclic) bond motifs is 7. The van der Waals surface area contributed by atoms with E-state index in [0.29, 0.717) is 11.8 Å². The van der Waals surface area contributed by atoms with Crippen LogP contribution in [0.2, 0.25) is 0 Å². The smallest absolute Gasteiger partial charge is 0.134 e. The maximum absolute atomic E-state index is 6.29. The van der Waals surface area contributed by atoms with Gasteiger partial charge >= 0.3 is 0 Å². The summed E-state index contributed by atoms with van der Waals surface area (Å²) in [6.45, 7) is 0. The molecule has 45 heavy (non-hydrogen) atoms. The molecule has 6 aromatic carbocycles. The lowest BCUT2D eigenvalue weighted by molar-refractivity contribution is 0.548. The first-order valence-electron chi connectivity index (χ1n) is 16.0. The van der Waals surface area contributed by atoms with Crippen LogP contribution in [0.25, 0.3) is 67.8 Å². The Kier molecular flexibility index (Phi) is 5.30. The number of benzene rings is 6. The van der Waals surface area contributed by atoms with Gasteiger partial charge in [-0.1, -0.05) is 115 Å². The molecule has 0 saturated heterocycles. The molecule has 0 spiro atoms. The molecule has 3 aliphatic carbocycles. The Morgan fingerprint density at radius 1 is 0.533 bits per heavy atom. The second-order valence-corrected chi connectivity index (χ2v) is 12.8. The molecule has 2 unspecified atom stereocenters. The summed E-state index contributed by atoms with van der Waals surface area (Å²) in [5, 5.41) is 6.66. The fourth-order valence-corrected chi connectivity index (χ4v) is 8.21. The van der Waals surface area contributed by atoms with Gasteiger partial charge in [-0.3, -0.25) is 0 Å². The lowest BCUT2D eigenvalue weighted by Gasteiger charge is -2.22. The summed E-state index contributed by atoms with van der Waals surface area (Å²) >= 11 is 0. The van der Waals surface area contributed by atoms with E-state index in [1.165, 1.54) is 76.7 Å². The fourth-order valence-electron chi connectivity index (χ4n) is 8.21. The van der Waals surface area contributed by atoms with E-state index in [9.17, 15) is 0 Å². The predicted molar refractivity (Wildman–Crippen MR) is 187 cm³/mol. The quantitative estimate of drug-likeness (QED) is 0.205. The third-order valence-electron chi connectivity index (χ3n) is 10.3. The molecule has 0 bridgehead atoms. The summed E-state index contributed by atoms with van der Waals surface area (Å²) in [6.07, 6.45) is 9.36. The monoisotopic (exact) mass is 574 g/mol. The average Bonchev–Trinajstić information content (AvgIpc) is 3.63. The minimum Gasteiger partial charge on any atom is -0.460 e. The Labute approximate surface area is 262 Å². The molecule has 0 saturated carbocycles. The van der Waals surface area contributed by atoms with Gasteiger partial charge in [-0.15, -0.1) is 0 Å². The highest BCUT2D eigenvalue weighted by atomic mass is 16.3. The maximum Gasteiger partial charge on any atom is 0.134 e. The van der Waals surface area contributed by atoms with Gasteiger partial charge < -0.3 is 4.42 Å². The molecular weight excluding hydrogens is 544 g/mol. The summed E-state index contributed by atoms with van der Waals surface area (Å²) in [6, 6.07) is 46.8. The summed E-state index contributed by atoms with van der Waals surface area (Å²) in [4.78, 5) is 0. The Bertz CT molecular complexity index is 2490. The Hall–Kier alpha value is -5.40. The van der Waals surface area contributed by atoms with Crippen molar-refractivity contribution < 1.29 is 4.42 Å². The summed E-state index contributed by atoms with van der Waals surface area (Å²) in [5.41, 5.74) is 12.9. The zero-order valence-electron chi connectivity index (χ0n) is 24.8. The number of furan rings is 1. The van der Waals surface area contributed by atoms with Gasteiger partial charge in [-0.05, 0) is 102 Å². The second kappa shape index (κ2) is 9.55. The van der Waals surface area contributed by atoms with Gasteiger partial charge in [0.25, 0.3) is 0 Å². The first-order chi connectivity index (χ1) is 22.3. The fraction of sp³-hybridized carbons (Fsp3) is 0.0909. The van der Waals surface area contributed by atoms with Crippen LogP contribution in [0.1, 0.15) is 46.3 Å². The summed E-state index contributed by atoms with van der Waals surface area (Å²) in [7, 11) is 0. The minimum atomic E-state index is 0.363. The van der Waals surface area contributed by atoms with Gasteiger partial charge in [0.2, 0.25) is 0 Å². The number of allylic oxidation sites excluding steroid dienone is 1. The molecule has 2 atom stereocenters. The molecule has 1 nitrogen and oxygen atoms in total. The van der Waals surface area contributed by atoms with Crippen molar-refractivity contribution in [2.75, 3.05) is 0 Å². The van der Waals surface area contributed by atoms with E-state index in [0.717, 1.165) is 24.2 Å². The zero-order valence-corrected chi connectivity index (χ0v) is 24.8. The zero-order chi connectivity index (χ0) is 29.5. The molecule has 0 fully saturated rings. The summed E-state index contributed by atoms with van der Waals surface area (Å²) < 4.78 is 6.29. The van der Waals surface area contributed by atoms with Crippen LogP contribution in [0.15, 0.2) is 132 Å². The van der Waals surface area contributed by atoms with Gasteiger partial charge in [0.1, 0.15) is 11.3 Å². The molecule has 1 heteroatoms. The van der Waals surface area contributed by atoms with Crippen molar-refractivity contribution in [1.82, 2.24) is 0 Å². The third kappa shape index (κ3) is 3.80. The number of para-hydroxylation sites is 1. The van der Waals surface area contributed by atoms with Gasteiger partial charge in [0.05, 0.1) is 0 Å². The van der Waals surface area contributed by atoms with Crippen molar-refractivity contribution in [3.8, 4) is 22.3 Å². The van der Waals surface area contributed by atoms with Gasteiger partial charge in [0, 0.05) is 29.2 Å².